The van der Waals surface area contributed by atoms with Gasteiger partial charge in [-0.3, -0.25) is 13.6 Å². The number of halogens is 1. The fourth-order valence-electron chi connectivity index (χ4n) is 2.66. The molecule has 2 aromatic rings. The van der Waals surface area contributed by atoms with Gasteiger partial charge < -0.3 is 0 Å². The Labute approximate surface area is 137 Å². The Morgan fingerprint density at radius 2 is 2.18 bits per heavy atom. The third-order valence-electron chi connectivity index (χ3n) is 3.99. The Balaban J connectivity index is 2.04. The van der Waals surface area contributed by atoms with E-state index < -0.39 is 10.8 Å². The van der Waals surface area contributed by atoms with E-state index in [1.807, 2.05) is 12.1 Å². The molecule has 1 aliphatic carbocycles. The molecule has 6 heteroatoms. The van der Waals surface area contributed by atoms with Gasteiger partial charge in [0, 0.05) is 35.8 Å². The lowest BCUT2D eigenvalue weighted by Gasteiger charge is -2.13. The first-order valence-electron chi connectivity index (χ1n) is 7.54. The summed E-state index contributed by atoms with van der Waals surface area (Å²) in [5, 5.41) is 0.933. The Morgan fingerprint density at radius 3 is 2.86 bits per heavy atom. The molecule has 1 fully saturated rings. The molecule has 1 saturated carbocycles. The average molecular weight is 339 g/mol. The van der Waals surface area contributed by atoms with E-state index in [-0.39, 0.29) is 5.56 Å². The first kappa shape index (κ1) is 15.7. The third kappa shape index (κ3) is 3.41. The normalized spacial score (nSPS) is 16.1. The minimum absolute atomic E-state index is 0.0758. The maximum absolute atomic E-state index is 12.8. The van der Waals surface area contributed by atoms with Crippen molar-refractivity contribution in [2.45, 2.75) is 32.2 Å². The molecule has 1 aromatic carbocycles. The fraction of sp³-hybridized carbons (Fsp3) is 0.500. The maximum Gasteiger partial charge on any atom is 0.262 e. The van der Waals surface area contributed by atoms with Gasteiger partial charge in [-0.1, -0.05) is 17.7 Å². The number of fused-ring (bicyclic) bond motifs is 1. The molecule has 1 atom stereocenters. The van der Waals surface area contributed by atoms with Crippen molar-refractivity contribution in [1.29, 1.82) is 0 Å². The quantitative estimate of drug-likeness (QED) is 0.813. The molecule has 0 aliphatic heterocycles. The van der Waals surface area contributed by atoms with E-state index in [1.165, 1.54) is 12.8 Å². The molecule has 0 N–H and O–H groups in total. The van der Waals surface area contributed by atoms with Gasteiger partial charge in [-0.25, -0.2) is 4.98 Å². The zero-order valence-corrected chi connectivity index (χ0v) is 14.1. The van der Waals surface area contributed by atoms with E-state index in [9.17, 15) is 9.00 Å². The predicted octanol–water partition coefficient (Wildman–Crippen LogP) is 2.77. The second-order valence-electron chi connectivity index (χ2n) is 5.90. The van der Waals surface area contributed by atoms with Crippen LogP contribution in [0.4, 0.5) is 0 Å². The molecule has 0 saturated heterocycles. The van der Waals surface area contributed by atoms with Crippen LogP contribution in [0.2, 0.25) is 5.02 Å². The zero-order valence-electron chi connectivity index (χ0n) is 12.5. The lowest BCUT2D eigenvalue weighted by Crippen LogP contribution is -2.26. The highest BCUT2D eigenvalue weighted by molar-refractivity contribution is 7.84. The van der Waals surface area contributed by atoms with Crippen molar-refractivity contribution in [3.63, 3.8) is 0 Å². The minimum Gasteiger partial charge on any atom is -0.296 e. The van der Waals surface area contributed by atoms with E-state index in [2.05, 4.69) is 4.98 Å². The summed E-state index contributed by atoms with van der Waals surface area (Å²) >= 11 is 6.19. The Hall–Kier alpha value is -1.20. The molecule has 0 bridgehead atoms. The summed E-state index contributed by atoms with van der Waals surface area (Å²) in [6.45, 7) is 0.550. The van der Waals surface area contributed by atoms with Crippen LogP contribution in [0.1, 0.15) is 25.1 Å². The molecule has 3 rings (SSSR count). The Kier molecular flexibility index (Phi) is 4.64. The highest BCUT2D eigenvalue weighted by Crippen LogP contribution is 2.32. The highest BCUT2D eigenvalue weighted by atomic mass is 35.5. The number of rotatable bonds is 6. The second-order valence-corrected chi connectivity index (χ2v) is 7.86. The van der Waals surface area contributed by atoms with Crippen LogP contribution in [0.3, 0.4) is 0 Å². The van der Waals surface area contributed by atoms with Gasteiger partial charge in [-0.2, -0.15) is 0 Å². The van der Waals surface area contributed by atoms with E-state index in [0.717, 1.165) is 12.2 Å². The van der Waals surface area contributed by atoms with E-state index >= 15 is 0 Å². The summed E-state index contributed by atoms with van der Waals surface area (Å²) in [4.78, 5) is 17.5. The van der Waals surface area contributed by atoms with Gasteiger partial charge in [0.15, 0.2) is 0 Å². The largest absolute Gasteiger partial charge is 0.296 e. The highest BCUT2D eigenvalue weighted by Gasteiger charge is 2.24. The Morgan fingerprint density at radius 1 is 1.41 bits per heavy atom. The smallest absolute Gasteiger partial charge is 0.262 e. The number of benzene rings is 1. The van der Waals surface area contributed by atoms with Crippen molar-refractivity contribution in [1.82, 2.24) is 9.55 Å². The molecule has 1 unspecified atom stereocenters. The first-order chi connectivity index (χ1) is 10.6. The minimum atomic E-state index is -0.844. The average Bonchev–Trinajstić information content (AvgIpc) is 3.25. The van der Waals surface area contributed by atoms with Crippen LogP contribution in [0.25, 0.3) is 10.9 Å². The summed E-state index contributed by atoms with van der Waals surface area (Å²) in [7, 11) is -0.844. The van der Waals surface area contributed by atoms with Gasteiger partial charge in [-0.15, -0.1) is 0 Å². The third-order valence-corrected chi connectivity index (χ3v) is 5.17. The van der Waals surface area contributed by atoms with Gasteiger partial charge in [-0.05, 0) is 37.3 Å². The molecule has 1 aromatic heterocycles. The summed E-state index contributed by atoms with van der Waals surface area (Å²) in [6, 6.07) is 5.38. The SMILES string of the molecule is CS(=O)CCCn1c(CC2CC2)nc2cccc(Cl)c2c1=O. The first-order valence-corrected chi connectivity index (χ1v) is 9.64. The number of nitrogens with zero attached hydrogens (tertiary/aromatic N) is 2. The topological polar surface area (TPSA) is 52.0 Å². The van der Waals surface area contributed by atoms with Gasteiger partial charge in [0.25, 0.3) is 5.56 Å². The van der Waals surface area contributed by atoms with Crippen LogP contribution in [0.5, 0.6) is 0 Å². The van der Waals surface area contributed by atoms with Crippen LogP contribution in [-0.4, -0.2) is 25.8 Å². The molecule has 0 radical (unpaired) electrons. The molecule has 0 amide bonds. The van der Waals surface area contributed by atoms with Crippen LogP contribution in [0.15, 0.2) is 23.0 Å². The lowest BCUT2D eigenvalue weighted by atomic mass is 10.2. The Bertz CT molecular complexity index is 784. The van der Waals surface area contributed by atoms with E-state index in [4.69, 9.17) is 11.6 Å². The molecule has 1 aliphatic rings. The second kappa shape index (κ2) is 6.50. The molecule has 1 heterocycles. The molecule has 4 nitrogen and oxygen atoms in total. The van der Waals surface area contributed by atoms with Crippen molar-refractivity contribution in [2.75, 3.05) is 12.0 Å². The number of aromatic nitrogens is 2. The summed E-state index contributed by atoms with van der Waals surface area (Å²) < 4.78 is 13.0. The molecular formula is C16H19ClN2O2S. The summed E-state index contributed by atoms with van der Waals surface area (Å²) in [5.41, 5.74) is 0.594. The van der Waals surface area contributed by atoms with Crippen LogP contribution >= 0.6 is 11.6 Å². The predicted molar refractivity (Wildman–Crippen MR) is 91.0 cm³/mol. The number of hydrogen-bond donors (Lipinski definition) is 0. The molecule has 22 heavy (non-hydrogen) atoms. The van der Waals surface area contributed by atoms with Gasteiger partial charge >= 0.3 is 0 Å². The van der Waals surface area contributed by atoms with E-state index in [0.29, 0.717) is 40.6 Å². The summed E-state index contributed by atoms with van der Waals surface area (Å²) in [6.07, 6.45) is 5.65. The molecular weight excluding hydrogens is 320 g/mol. The van der Waals surface area contributed by atoms with Crippen molar-refractivity contribution >= 4 is 33.3 Å². The molecule has 0 spiro atoms. The van der Waals surface area contributed by atoms with E-state index in [1.54, 1.807) is 16.9 Å². The standard InChI is InChI=1S/C16H19ClN2O2S/c1-22(21)9-3-8-19-14(10-11-6-7-11)18-13-5-2-4-12(17)15(13)16(19)20/h2,4-5,11H,3,6-10H2,1H3. The van der Waals surface area contributed by atoms with Crippen molar-refractivity contribution in [3.05, 3.63) is 39.4 Å². The number of hydrogen-bond acceptors (Lipinski definition) is 3. The van der Waals surface area contributed by atoms with Crippen LogP contribution in [-0.2, 0) is 23.8 Å². The van der Waals surface area contributed by atoms with Crippen LogP contribution < -0.4 is 5.56 Å². The van der Waals surface area contributed by atoms with Gasteiger partial charge in [0.05, 0.1) is 15.9 Å². The zero-order chi connectivity index (χ0) is 15.7. The lowest BCUT2D eigenvalue weighted by molar-refractivity contribution is 0.587. The van der Waals surface area contributed by atoms with Crippen molar-refractivity contribution in [2.24, 2.45) is 5.92 Å². The van der Waals surface area contributed by atoms with Crippen molar-refractivity contribution in [3.8, 4) is 0 Å². The van der Waals surface area contributed by atoms with Gasteiger partial charge in [0.2, 0.25) is 0 Å². The van der Waals surface area contributed by atoms with Gasteiger partial charge in [0.1, 0.15) is 5.82 Å². The summed E-state index contributed by atoms with van der Waals surface area (Å²) in [5.74, 6) is 2.08. The monoisotopic (exact) mass is 338 g/mol. The maximum atomic E-state index is 12.8. The fourth-order valence-corrected chi connectivity index (χ4v) is 3.45. The van der Waals surface area contributed by atoms with Crippen molar-refractivity contribution < 1.29 is 4.21 Å². The van der Waals surface area contributed by atoms with Crippen LogP contribution in [0, 0.1) is 5.92 Å². The molecule has 118 valence electrons.